The summed E-state index contributed by atoms with van der Waals surface area (Å²) in [6.07, 6.45) is 10.1. The molecule has 2 N–H and O–H groups in total. The Balaban J connectivity index is 1.66. The second-order valence-electron chi connectivity index (χ2n) is 7.94. The number of hydrogen-bond acceptors (Lipinski definition) is 4. The SMILES string of the molecule is C=CCN1C(=O)[C@@H]2[C@H](C(=O)NC)[C@H]3C=C[C@@]2(O3)[C@@H]1C(=O)NC1CCCCC1. The zero-order valence-corrected chi connectivity index (χ0v) is 15.6. The summed E-state index contributed by atoms with van der Waals surface area (Å²) in [6, 6.07) is -0.634. The van der Waals surface area contributed by atoms with Gasteiger partial charge in [0.25, 0.3) is 0 Å². The molecule has 27 heavy (non-hydrogen) atoms. The molecular weight excluding hydrogens is 346 g/mol. The van der Waals surface area contributed by atoms with Gasteiger partial charge in [0.15, 0.2) is 0 Å². The maximum absolute atomic E-state index is 13.3. The molecular formula is C20H27N3O4. The van der Waals surface area contributed by atoms with Crippen LogP contribution in [0.2, 0.25) is 0 Å². The number of carbonyl (C=O) groups excluding carboxylic acids is 3. The van der Waals surface area contributed by atoms with Gasteiger partial charge >= 0.3 is 0 Å². The fourth-order valence-electron chi connectivity index (χ4n) is 5.30. The lowest BCUT2D eigenvalue weighted by Crippen LogP contribution is -2.56. The van der Waals surface area contributed by atoms with Gasteiger partial charge in [-0.15, -0.1) is 6.58 Å². The Morgan fingerprint density at radius 3 is 2.74 bits per heavy atom. The van der Waals surface area contributed by atoms with Crippen LogP contribution in [-0.4, -0.2) is 60.0 Å². The monoisotopic (exact) mass is 373 g/mol. The molecule has 0 unspecified atom stereocenters. The number of likely N-dealkylation sites (tertiary alicyclic amines) is 1. The van der Waals surface area contributed by atoms with Crippen LogP contribution < -0.4 is 10.6 Å². The molecule has 1 spiro atoms. The third-order valence-corrected chi connectivity index (χ3v) is 6.45. The van der Waals surface area contributed by atoms with Gasteiger partial charge in [0.2, 0.25) is 17.7 Å². The molecule has 2 saturated heterocycles. The smallest absolute Gasteiger partial charge is 0.246 e. The number of amides is 3. The van der Waals surface area contributed by atoms with E-state index in [1.807, 2.05) is 12.2 Å². The highest BCUT2D eigenvalue weighted by Gasteiger charge is 2.72. The fraction of sp³-hybridized carbons (Fsp3) is 0.650. The number of hydrogen-bond donors (Lipinski definition) is 2. The first-order valence-electron chi connectivity index (χ1n) is 9.84. The van der Waals surface area contributed by atoms with Crippen LogP contribution in [0, 0.1) is 11.8 Å². The topological polar surface area (TPSA) is 87.7 Å². The van der Waals surface area contributed by atoms with Crippen LogP contribution in [0.25, 0.3) is 0 Å². The van der Waals surface area contributed by atoms with Crippen LogP contribution in [0.15, 0.2) is 24.8 Å². The van der Waals surface area contributed by atoms with E-state index in [0.717, 1.165) is 25.7 Å². The Morgan fingerprint density at radius 2 is 2.07 bits per heavy atom. The van der Waals surface area contributed by atoms with Crippen molar-refractivity contribution >= 4 is 17.7 Å². The normalized spacial score (nSPS) is 37.4. The Bertz CT molecular complexity index is 699. The van der Waals surface area contributed by atoms with Gasteiger partial charge in [-0.25, -0.2) is 0 Å². The van der Waals surface area contributed by atoms with Gasteiger partial charge in [-0.2, -0.15) is 0 Å². The van der Waals surface area contributed by atoms with Crippen molar-refractivity contribution in [2.45, 2.75) is 55.9 Å². The van der Waals surface area contributed by atoms with Gasteiger partial charge in [0.05, 0.1) is 17.9 Å². The maximum atomic E-state index is 13.3. The fourth-order valence-corrected chi connectivity index (χ4v) is 5.30. The van der Waals surface area contributed by atoms with Gasteiger partial charge in [-0.3, -0.25) is 14.4 Å². The van der Waals surface area contributed by atoms with E-state index in [1.54, 1.807) is 13.1 Å². The van der Waals surface area contributed by atoms with E-state index in [4.69, 9.17) is 4.74 Å². The van der Waals surface area contributed by atoms with Crippen LogP contribution in [0.1, 0.15) is 32.1 Å². The molecule has 1 saturated carbocycles. The summed E-state index contributed by atoms with van der Waals surface area (Å²) in [4.78, 5) is 40.4. The van der Waals surface area contributed by atoms with E-state index in [-0.39, 0.29) is 30.3 Å². The molecule has 7 nitrogen and oxygen atoms in total. The van der Waals surface area contributed by atoms with Crippen molar-refractivity contribution in [3.8, 4) is 0 Å². The zero-order chi connectivity index (χ0) is 19.2. The van der Waals surface area contributed by atoms with Crippen molar-refractivity contribution in [3.63, 3.8) is 0 Å². The quantitative estimate of drug-likeness (QED) is 0.688. The third-order valence-electron chi connectivity index (χ3n) is 6.45. The summed E-state index contributed by atoms with van der Waals surface area (Å²) >= 11 is 0. The first-order valence-corrected chi connectivity index (χ1v) is 9.84. The molecule has 0 aromatic carbocycles. The zero-order valence-electron chi connectivity index (χ0n) is 15.6. The molecule has 3 amide bonds. The van der Waals surface area contributed by atoms with Gasteiger partial charge in [0.1, 0.15) is 11.6 Å². The number of rotatable bonds is 5. The van der Waals surface area contributed by atoms with Crippen LogP contribution >= 0.6 is 0 Å². The molecule has 7 heteroatoms. The molecule has 4 aliphatic rings. The number of carbonyl (C=O) groups is 3. The van der Waals surface area contributed by atoms with E-state index in [1.165, 1.54) is 11.3 Å². The first-order chi connectivity index (χ1) is 13.0. The molecule has 146 valence electrons. The van der Waals surface area contributed by atoms with Crippen molar-refractivity contribution in [2.75, 3.05) is 13.6 Å². The highest BCUT2D eigenvalue weighted by Crippen LogP contribution is 2.55. The average molecular weight is 373 g/mol. The third kappa shape index (κ3) is 2.63. The predicted octanol–water partition coefficient (Wildman–Crippen LogP) is 0.518. The van der Waals surface area contributed by atoms with E-state index < -0.39 is 29.6 Å². The number of ether oxygens (including phenoxy) is 1. The maximum Gasteiger partial charge on any atom is 0.246 e. The molecule has 2 bridgehead atoms. The summed E-state index contributed by atoms with van der Waals surface area (Å²) in [7, 11) is 1.55. The van der Waals surface area contributed by atoms with Crippen molar-refractivity contribution in [1.82, 2.24) is 15.5 Å². The van der Waals surface area contributed by atoms with Crippen molar-refractivity contribution in [2.24, 2.45) is 11.8 Å². The molecule has 0 aromatic heterocycles. The summed E-state index contributed by atoms with van der Waals surface area (Å²) in [5.41, 5.74) is -1.07. The summed E-state index contributed by atoms with van der Waals surface area (Å²) in [5, 5.41) is 5.77. The molecule has 3 aliphatic heterocycles. The van der Waals surface area contributed by atoms with Crippen LogP contribution in [0.5, 0.6) is 0 Å². The largest absolute Gasteiger partial charge is 0.359 e. The minimum absolute atomic E-state index is 0.139. The summed E-state index contributed by atoms with van der Waals surface area (Å²) < 4.78 is 6.16. The lowest BCUT2D eigenvalue weighted by Gasteiger charge is -2.33. The first kappa shape index (κ1) is 18.2. The Kier molecular flexibility index (Phi) is 4.58. The predicted molar refractivity (Wildman–Crippen MR) is 98.5 cm³/mol. The van der Waals surface area contributed by atoms with Gasteiger partial charge in [-0.1, -0.05) is 37.5 Å². The van der Waals surface area contributed by atoms with E-state index in [9.17, 15) is 14.4 Å². The summed E-state index contributed by atoms with van der Waals surface area (Å²) in [6.45, 7) is 3.98. The molecule has 5 atom stereocenters. The molecule has 0 radical (unpaired) electrons. The lowest BCUT2D eigenvalue weighted by atomic mass is 9.74. The molecule has 4 rings (SSSR count). The summed E-state index contributed by atoms with van der Waals surface area (Å²) in [5.74, 6) is -1.90. The molecule has 3 fully saturated rings. The highest BCUT2D eigenvalue weighted by molar-refractivity contribution is 5.99. The van der Waals surface area contributed by atoms with E-state index in [2.05, 4.69) is 17.2 Å². The van der Waals surface area contributed by atoms with Crippen molar-refractivity contribution < 1.29 is 19.1 Å². The highest BCUT2D eigenvalue weighted by atomic mass is 16.5. The average Bonchev–Trinajstić information content (AvgIpc) is 3.30. The minimum Gasteiger partial charge on any atom is -0.359 e. The molecule has 0 aromatic rings. The Hall–Kier alpha value is -2.15. The van der Waals surface area contributed by atoms with E-state index in [0.29, 0.717) is 0 Å². The Morgan fingerprint density at radius 1 is 1.33 bits per heavy atom. The molecule has 1 aliphatic carbocycles. The standard InChI is InChI=1S/C20H27N3O4/c1-3-11-23-16(18(25)22-12-7-5-4-6-8-12)20-10-9-13(27-20)14(17(24)21-2)15(20)19(23)26/h3,9-10,12-16H,1,4-8,11H2,2H3,(H,21,24)(H,22,25)/t13-,14-,15+,16+,20+/m1/s1. The minimum atomic E-state index is -1.07. The Labute approximate surface area is 159 Å². The second kappa shape index (κ2) is 6.78. The molecule has 3 heterocycles. The van der Waals surface area contributed by atoms with Crippen molar-refractivity contribution in [1.29, 1.82) is 0 Å². The lowest BCUT2D eigenvalue weighted by molar-refractivity contribution is -0.141. The second-order valence-corrected chi connectivity index (χ2v) is 7.94. The number of fused-ring (bicyclic) bond motifs is 1. The van der Waals surface area contributed by atoms with Crippen LogP contribution in [0.4, 0.5) is 0 Å². The van der Waals surface area contributed by atoms with Crippen LogP contribution in [0.3, 0.4) is 0 Å². The van der Waals surface area contributed by atoms with E-state index >= 15 is 0 Å². The van der Waals surface area contributed by atoms with Gasteiger partial charge < -0.3 is 20.3 Å². The van der Waals surface area contributed by atoms with Gasteiger partial charge in [-0.05, 0) is 12.8 Å². The van der Waals surface area contributed by atoms with Gasteiger partial charge in [0, 0.05) is 19.6 Å². The van der Waals surface area contributed by atoms with Crippen LogP contribution in [-0.2, 0) is 19.1 Å². The number of nitrogens with zero attached hydrogens (tertiary/aromatic N) is 1. The number of nitrogens with one attached hydrogen (secondary N) is 2. The van der Waals surface area contributed by atoms with Crippen molar-refractivity contribution in [3.05, 3.63) is 24.8 Å².